The topological polar surface area (TPSA) is 58.6 Å². The molecule has 1 aliphatic rings. The van der Waals surface area contributed by atoms with Gasteiger partial charge in [0.25, 0.3) is 11.8 Å². The van der Waals surface area contributed by atoms with Gasteiger partial charge >= 0.3 is 0 Å². The van der Waals surface area contributed by atoms with Gasteiger partial charge in [0.2, 0.25) is 0 Å². The normalized spacial score (nSPS) is 14.7. The van der Waals surface area contributed by atoms with Gasteiger partial charge in [-0.3, -0.25) is 9.59 Å². The summed E-state index contributed by atoms with van der Waals surface area (Å²) < 4.78 is 6.37. The number of carbonyl (C=O) groups excluding carboxylic acids is 2. The van der Waals surface area contributed by atoms with Crippen LogP contribution in [0.25, 0.3) is 0 Å². The molecule has 0 saturated carbocycles. The third-order valence-electron chi connectivity index (χ3n) is 4.36. The molecule has 2 amide bonds. The second-order valence-electron chi connectivity index (χ2n) is 6.40. The van der Waals surface area contributed by atoms with Crippen molar-refractivity contribution >= 4 is 45.0 Å². The second kappa shape index (κ2) is 8.76. The lowest BCUT2D eigenvalue weighted by Gasteiger charge is -2.17. The van der Waals surface area contributed by atoms with Gasteiger partial charge in [-0.2, -0.15) is 0 Å². The van der Waals surface area contributed by atoms with Crippen LogP contribution in [0.2, 0.25) is 5.02 Å². The molecule has 7 heteroatoms. The summed E-state index contributed by atoms with van der Waals surface area (Å²) in [6.07, 6.45) is 1.41. The van der Waals surface area contributed by atoms with Gasteiger partial charge in [0.05, 0.1) is 4.47 Å². The van der Waals surface area contributed by atoms with E-state index >= 15 is 0 Å². The van der Waals surface area contributed by atoms with Gasteiger partial charge in [-0.1, -0.05) is 11.6 Å². The summed E-state index contributed by atoms with van der Waals surface area (Å²) in [7, 11) is 0. The molecule has 1 heterocycles. The molecule has 1 saturated heterocycles. The molecule has 3 rings (SSSR count). The number of hydrogen-bond acceptors (Lipinski definition) is 3. The van der Waals surface area contributed by atoms with Crippen LogP contribution < -0.4 is 10.1 Å². The number of rotatable bonds is 5. The molecule has 1 N–H and O–H groups in total. The van der Waals surface area contributed by atoms with Gasteiger partial charge in [0.15, 0.2) is 6.10 Å². The number of carbonyl (C=O) groups is 2. The van der Waals surface area contributed by atoms with E-state index in [0.717, 1.165) is 25.9 Å². The van der Waals surface area contributed by atoms with Crippen LogP contribution in [-0.4, -0.2) is 35.9 Å². The van der Waals surface area contributed by atoms with E-state index in [4.69, 9.17) is 16.3 Å². The Hall–Kier alpha value is -2.05. The summed E-state index contributed by atoms with van der Waals surface area (Å²) in [5, 5.41) is 3.38. The number of anilines is 1. The Kier molecular flexibility index (Phi) is 6.39. The van der Waals surface area contributed by atoms with Crippen LogP contribution in [0.4, 0.5) is 5.69 Å². The third-order valence-corrected chi connectivity index (χ3v) is 5.21. The van der Waals surface area contributed by atoms with Crippen molar-refractivity contribution in [2.75, 3.05) is 18.4 Å². The average molecular weight is 452 g/mol. The minimum atomic E-state index is -0.701. The molecule has 0 aromatic heterocycles. The van der Waals surface area contributed by atoms with E-state index < -0.39 is 6.10 Å². The van der Waals surface area contributed by atoms with E-state index in [1.54, 1.807) is 49.4 Å². The van der Waals surface area contributed by atoms with Gasteiger partial charge in [0, 0.05) is 29.4 Å². The Morgan fingerprint density at radius 1 is 1.15 bits per heavy atom. The lowest BCUT2D eigenvalue weighted by atomic mass is 10.2. The van der Waals surface area contributed by atoms with Crippen LogP contribution in [0, 0.1) is 0 Å². The van der Waals surface area contributed by atoms with Crippen molar-refractivity contribution in [2.45, 2.75) is 25.9 Å². The number of nitrogens with zero attached hydrogens (tertiary/aromatic N) is 1. The Morgan fingerprint density at radius 2 is 1.81 bits per heavy atom. The minimum Gasteiger partial charge on any atom is -0.480 e. The van der Waals surface area contributed by atoms with E-state index in [1.807, 2.05) is 4.90 Å². The van der Waals surface area contributed by atoms with E-state index in [2.05, 4.69) is 21.2 Å². The molecule has 142 valence electrons. The van der Waals surface area contributed by atoms with Crippen LogP contribution in [0.5, 0.6) is 5.75 Å². The summed E-state index contributed by atoms with van der Waals surface area (Å²) >= 11 is 9.27. The first-order valence-electron chi connectivity index (χ1n) is 8.76. The number of hydrogen-bond donors (Lipinski definition) is 1. The summed E-state index contributed by atoms with van der Waals surface area (Å²) in [6, 6.07) is 12.0. The predicted molar refractivity (Wildman–Crippen MR) is 109 cm³/mol. The standard InChI is InChI=1S/C20H20BrClN2O3/c1-13(27-18-9-6-15(22)12-17(18)21)19(25)23-16-7-4-14(5-8-16)20(26)24-10-2-3-11-24/h4-9,12-13H,2-3,10-11H2,1H3,(H,23,25). The van der Waals surface area contributed by atoms with Crippen molar-refractivity contribution in [3.05, 3.63) is 57.5 Å². The minimum absolute atomic E-state index is 0.0367. The molecule has 1 atom stereocenters. The van der Waals surface area contributed by atoms with E-state index in [0.29, 0.717) is 26.5 Å². The second-order valence-corrected chi connectivity index (χ2v) is 7.69. The van der Waals surface area contributed by atoms with Crippen LogP contribution in [-0.2, 0) is 4.79 Å². The highest BCUT2D eigenvalue weighted by Crippen LogP contribution is 2.29. The van der Waals surface area contributed by atoms with Crippen molar-refractivity contribution in [3.63, 3.8) is 0 Å². The molecule has 2 aromatic carbocycles. The van der Waals surface area contributed by atoms with Gasteiger partial charge in [-0.25, -0.2) is 0 Å². The highest BCUT2D eigenvalue weighted by molar-refractivity contribution is 9.10. The predicted octanol–water partition coefficient (Wildman–Crippen LogP) is 4.74. The number of likely N-dealkylation sites (tertiary alicyclic amines) is 1. The van der Waals surface area contributed by atoms with Crippen molar-refractivity contribution < 1.29 is 14.3 Å². The number of halogens is 2. The van der Waals surface area contributed by atoms with Gasteiger partial charge in [-0.15, -0.1) is 0 Å². The smallest absolute Gasteiger partial charge is 0.265 e. The van der Waals surface area contributed by atoms with Crippen molar-refractivity contribution in [1.82, 2.24) is 4.90 Å². The number of nitrogens with one attached hydrogen (secondary N) is 1. The van der Waals surface area contributed by atoms with E-state index in [-0.39, 0.29) is 11.8 Å². The Bertz CT molecular complexity index is 836. The molecule has 0 radical (unpaired) electrons. The number of amides is 2. The Labute approximate surface area is 171 Å². The first-order valence-corrected chi connectivity index (χ1v) is 9.93. The molecule has 0 aliphatic carbocycles. The first kappa shape index (κ1) is 19.7. The van der Waals surface area contributed by atoms with Crippen molar-refractivity contribution in [3.8, 4) is 5.75 Å². The van der Waals surface area contributed by atoms with Crippen LogP contribution in [0.3, 0.4) is 0 Å². The van der Waals surface area contributed by atoms with Crippen LogP contribution in [0.1, 0.15) is 30.1 Å². The highest BCUT2D eigenvalue weighted by atomic mass is 79.9. The lowest BCUT2D eigenvalue weighted by molar-refractivity contribution is -0.122. The molecule has 5 nitrogen and oxygen atoms in total. The zero-order valence-corrected chi connectivity index (χ0v) is 17.2. The summed E-state index contributed by atoms with van der Waals surface area (Å²) in [6.45, 7) is 3.29. The van der Waals surface area contributed by atoms with Crippen molar-refractivity contribution in [1.29, 1.82) is 0 Å². The molecule has 1 fully saturated rings. The summed E-state index contributed by atoms with van der Waals surface area (Å²) in [5.74, 6) is 0.291. The summed E-state index contributed by atoms with van der Waals surface area (Å²) in [5.41, 5.74) is 1.24. The highest BCUT2D eigenvalue weighted by Gasteiger charge is 2.20. The molecule has 0 bridgehead atoms. The maximum atomic E-state index is 12.4. The van der Waals surface area contributed by atoms with Crippen LogP contribution >= 0.6 is 27.5 Å². The van der Waals surface area contributed by atoms with Gasteiger partial charge in [-0.05, 0) is 78.2 Å². The fourth-order valence-corrected chi connectivity index (χ4v) is 3.63. The Morgan fingerprint density at radius 3 is 2.44 bits per heavy atom. The van der Waals surface area contributed by atoms with Crippen LogP contribution in [0.15, 0.2) is 46.9 Å². The fraction of sp³-hybridized carbons (Fsp3) is 0.300. The quantitative estimate of drug-likeness (QED) is 0.714. The van der Waals surface area contributed by atoms with E-state index in [1.165, 1.54) is 0 Å². The van der Waals surface area contributed by atoms with Gasteiger partial charge < -0.3 is 15.0 Å². The van der Waals surface area contributed by atoms with E-state index in [9.17, 15) is 9.59 Å². The molecular weight excluding hydrogens is 432 g/mol. The van der Waals surface area contributed by atoms with Crippen molar-refractivity contribution in [2.24, 2.45) is 0 Å². The molecular formula is C20H20BrClN2O3. The number of benzene rings is 2. The first-order chi connectivity index (χ1) is 12.9. The maximum Gasteiger partial charge on any atom is 0.265 e. The molecule has 27 heavy (non-hydrogen) atoms. The molecule has 2 aromatic rings. The summed E-state index contributed by atoms with van der Waals surface area (Å²) in [4.78, 5) is 26.6. The average Bonchev–Trinajstić information content (AvgIpc) is 3.18. The number of ether oxygens (including phenoxy) is 1. The fourth-order valence-electron chi connectivity index (χ4n) is 2.86. The zero-order chi connectivity index (χ0) is 19.4. The SMILES string of the molecule is CC(Oc1ccc(Cl)cc1Br)C(=O)Nc1ccc(C(=O)N2CCCC2)cc1. The van der Waals surface area contributed by atoms with Gasteiger partial charge in [0.1, 0.15) is 5.75 Å². The largest absolute Gasteiger partial charge is 0.480 e. The Balaban J connectivity index is 1.59. The zero-order valence-electron chi connectivity index (χ0n) is 14.9. The third kappa shape index (κ3) is 5.02. The maximum absolute atomic E-state index is 12.4. The molecule has 1 unspecified atom stereocenters. The lowest BCUT2D eigenvalue weighted by Crippen LogP contribution is -2.30. The molecule has 0 spiro atoms. The monoisotopic (exact) mass is 450 g/mol. The molecule has 1 aliphatic heterocycles.